The molecule has 0 aliphatic heterocycles. The largest absolute Gasteiger partial charge is 0.495 e. The third kappa shape index (κ3) is 4.53. The van der Waals surface area contributed by atoms with Crippen LogP contribution in [0.5, 0.6) is 5.75 Å². The van der Waals surface area contributed by atoms with Crippen molar-refractivity contribution >= 4 is 21.9 Å². The summed E-state index contributed by atoms with van der Waals surface area (Å²) in [6.45, 7) is 3.24. The third-order valence-electron chi connectivity index (χ3n) is 4.23. The van der Waals surface area contributed by atoms with E-state index in [0.29, 0.717) is 6.42 Å². The van der Waals surface area contributed by atoms with Gasteiger partial charge in [-0.2, -0.15) is 0 Å². The standard InChI is InChI=1S/C17H24N2O6S/c1-4-9-17(2,16(21)22)18-15(20)11-5-8-13(25-3)14(10-11)26(23,24)19-12-6-7-12/h5,8,10,12,19H,4,6-7,9H2,1-3H3,(H,18,20)(H,21,22). The first-order chi connectivity index (χ1) is 12.1. The van der Waals surface area contributed by atoms with Crippen LogP contribution in [-0.2, 0) is 14.8 Å². The van der Waals surface area contributed by atoms with Crippen LogP contribution >= 0.6 is 0 Å². The predicted molar refractivity (Wildman–Crippen MR) is 94.8 cm³/mol. The topological polar surface area (TPSA) is 122 Å². The SMILES string of the molecule is CCCC(C)(NC(=O)c1ccc(OC)c(S(=O)(=O)NC2CC2)c1)C(=O)O. The van der Waals surface area contributed by atoms with Crippen LogP contribution in [0, 0.1) is 0 Å². The molecule has 1 atom stereocenters. The molecule has 1 aliphatic rings. The minimum absolute atomic E-state index is 0.0468. The lowest BCUT2D eigenvalue weighted by atomic mass is 9.95. The highest BCUT2D eigenvalue weighted by Gasteiger charge is 2.35. The first kappa shape index (κ1) is 20.2. The van der Waals surface area contributed by atoms with E-state index in [1.807, 2.05) is 6.92 Å². The molecule has 1 aromatic carbocycles. The molecule has 0 aromatic heterocycles. The van der Waals surface area contributed by atoms with Gasteiger partial charge in [0.15, 0.2) is 0 Å². The number of methoxy groups -OCH3 is 1. The molecule has 0 radical (unpaired) electrons. The van der Waals surface area contributed by atoms with Gasteiger partial charge in [-0.3, -0.25) is 4.79 Å². The van der Waals surface area contributed by atoms with Gasteiger partial charge in [0.2, 0.25) is 10.0 Å². The van der Waals surface area contributed by atoms with Gasteiger partial charge in [0, 0.05) is 11.6 Å². The van der Waals surface area contributed by atoms with Gasteiger partial charge in [-0.1, -0.05) is 13.3 Å². The number of carboxylic acids is 1. The van der Waals surface area contributed by atoms with Crippen molar-refractivity contribution in [1.29, 1.82) is 0 Å². The third-order valence-corrected chi connectivity index (χ3v) is 5.77. The van der Waals surface area contributed by atoms with Crippen LogP contribution in [0.1, 0.15) is 49.9 Å². The summed E-state index contributed by atoms with van der Waals surface area (Å²) in [7, 11) is -2.50. The van der Waals surface area contributed by atoms with Gasteiger partial charge in [0.1, 0.15) is 16.2 Å². The van der Waals surface area contributed by atoms with Gasteiger partial charge < -0.3 is 15.2 Å². The summed E-state index contributed by atoms with van der Waals surface area (Å²) < 4.78 is 32.7. The second kappa shape index (κ2) is 7.63. The van der Waals surface area contributed by atoms with Crippen LogP contribution in [0.3, 0.4) is 0 Å². The lowest BCUT2D eigenvalue weighted by molar-refractivity contribution is -0.144. The summed E-state index contributed by atoms with van der Waals surface area (Å²) in [5.74, 6) is -1.69. The van der Waals surface area contributed by atoms with Gasteiger partial charge >= 0.3 is 5.97 Å². The molecule has 1 aromatic rings. The minimum Gasteiger partial charge on any atom is -0.495 e. The van der Waals surface area contributed by atoms with Crippen LogP contribution < -0.4 is 14.8 Å². The first-order valence-corrected chi connectivity index (χ1v) is 9.87. The molecular weight excluding hydrogens is 360 g/mol. The number of benzene rings is 1. The minimum atomic E-state index is -3.84. The average Bonchev–Trinajstić information content (AvgIpc) is 3.37. The van der Waals surface area contributed by atoms with Gasteiger partial charge in [-0.25, -0.2) is 17.9 Å². The average molecular weight is 384 g/mol. The highest BCUT2D eigenvalue weighted by molar-refractivity contribution is 7.89. The number of ether oxygens (including phenoxy) is 1. The molecule has 0 saturated heterocycles. The van der Waals surface area contributed by atoms with Crippen molar-refractivity contribution in [2.45, 2.75) is 56.0 Å². The number of hydrogen-bond donors (Lipinski definition) is 3. The molecule has 0 heterocycles. The van der Waals surface area contributed by atoms with Crippen LogP contribution in [-0.4, -0.2) is 44.1 Å². The fourth-order valence-corrected chi connectivity index (χ4v) is 4.06. The smallest absolute Gasteiger partial charge is 0.329 e. The lowest BCUT2D eigenvalue weighted by Gasteiger charge is -2.26. The number of nitrogens with one attached hydrogen (secondary N) is 2. The Morgan fingerprint density at radius 2 is 2.00 bits per heavy atom. The number of carbonyl (C=O) groups is 2. The Morgan fingerprint density at radius 1 is 1.35 bits per heavy atom. The summed E-state index contributed by atoms with van der Waals surface area (Å²) in [5.41, 5.74) is -1.39. The quantitative estimate of drug-likeness (QED) is 0.593. The van der Waals surface area contributed by atoms with Crippen molar-refractivity contribution in [3.8, 4) is 5.75 Å². The normalized spacial score (nSPS) is 16.6. The summed E-state index contributed by atoms with van der Waals surface area (Å²) in [5, 5.41) is 11.9. The Balaban J connectivity index is 2.33. The maximum atomic E-state index is 12.5. The number of amides is 1. The van der Waals surface area contributed by atoms with Crippen molar-refractivity contribution in [3.05, 3.63) is 23.8 Å². The van der Waals surface area contributed by atoms with Gasteiger partial charge in [0.05, 0.1) is 7.11 Å². The Hall–Kier alpha value is -2.13. The molecule has 1 aliphatic carbocycles. The van der Waals surface area contributed by atoms with Crippen molar-refractivity contribution < 1.29 is 27.9 Å². The number of carbonyl (C=O) groups excluding carboxylic acids is 1. The van der Waals surface area contributed by atoms with Crippen molar-refractivity contribution in [2.75, 3.05) is 7.11 Å². The van der Waals surface area contributed by atoms with E-state index in [4.69, 9.17) is 4.74 Å². The fourth-order valence-electron chi connectivity index (χ4n) is 2.56. The molecule has 26 heavy (non-hydrogen) atoms. The van der Waals surface area contributed by atoms with Crippen LogP contribution in [0.15, 0.2) is 23.1 Å². The molecule has 8 nitrogen and oxygen atoms in total. The number of carboxylic acid groups (broad SMARTS) is 1. The molecule has 1 fully saturated rings. The zero-order valence-corrected chi connectivity index (χ0v) is 15.9. The Labute approximate surface area is 153 Å². The number of hydrogen-bond acceptors (Lipinski definition) is 5. The zero-order valence-electron chi connectivity index (χ0n) is 15.0. The highest BCUT2D eigenvalue weighted by Crippen LogP contribution is 2.28. The molecule has 9 heteroatoms. The van der Waals surface area contributed by atoms with E-state index in [0.717, 1.165) is 12.8 Å². The second-order valence-electron chi connectivity index (χ2n) is 6.60. The van der Waals surface area contributed by atoms with Crippen LogP contribution in [0.4, 0.5) is 0 Å². The molecule has 1 unspecified atom stereocenters. The highest BCUT2D eigenvalue weighted by atomic mass is 32.2. The van der Waals surface area contributed by atoms with Crippen molar-refractivity contribution in [3.63, 3.8) is 0 Å². The van der Waals surface area contributed by atoms with E-state index in [9.17, 15) is 23.1 Å². The maximum absolute atomic E-state index is 12.5. The van der Waals surface area contributed by atoms with Gasteiger partial charge in [-0.05, 0) is 44.4 Å². The van der Waals surface area contributed by atoms with Crippen LogP contribution in [0.2, 0.25) is 0 Å². The monoisotopic (exact) mass is 384 g/mol. The molecule has 144 valence electrons. The fraction of sp³-hybridized carbons (Fsp3) is 0.529. The first-order valence-electron chi connectivity index (χ1n) is 8.39. The van der Waals surface area contributed by atoms with Gasteiger partial charge in [0.25, 0.3) is 5.91 Å². The van der Waals surface area contributed by atoms with E-state index in [2.05, 4.69) is 10.0 Å². The number of rotatable bonds is 9. The number of sulfonamides is 1. The maximum Gasteiger partial charge on any atom is 0.329 e. The van der Waals surface area contributed by atoms with E-state index < -0.39 is 27.4 Å². The molecular formula is C17H24N2O6S. The summed E-state index contributed by atoms with van der Waals surface area (Å²) in [6.07, 6.45) is 2.36. The predicted octanol–water partition coefficient (Wildman–Crippen LogP) is 1.51. The molecule has 0 spiro atoms. The Morgan fingerprint density at radius 3 is 2.50 bits per heavy atom. The van der Waals surface area contributed by atoms with E-state index in [1.54, 1.807) is 0 Å². The second-order valence-corrected chi connectivity index (χ2v) is 8.28. The molecule has 3 N–H and O–H groups in total. The molecule has 2 rings (SSSR count). The summed E-state index contributed by atoms with van der Waals surface area (Å²) in [4.78, 5) is 23.9. The Bertz CT molecular complexity index is 803. The zero-order chi connectivity index (χ0) is 19.5. The molecule has 0 bridgehead atoms. The van der Waals surface area contributed by atoms with Crippen LogP contribution in [0.25, 0.3) is 0 Å². The lowest BCUT2D eigenvalue weighted by Crippen LogP contribution is -2.52. The van der Waals surface area contributed by atoms with E-state index in [-0.39, 0.29) is 28.7 Å². The molecule has 1 amide bonds. The summed E-state index contributed by atoms with van der Waals surface area (Å²) >= 11 is 0. The molecule has 1 saturated carbocycles. The number of aliphatic carboxylic acids is 1. The summed E-state index contributed by atoms with van der Waals surface area (Å²) in [6, 6.07) is 3.89. The van der Waals surface area contributed by atoms with Gasteiger partial charge in [-0.15, -0.1) is 0 Å². The van der Waals surface area contributed by atoms with Crippen molar-refractivity contribution in [2.24, 2.45) is 0 Å². The van der Waals surface area contributed by atoms with E-state index in [1.165, 1.54) is 32.2 Å². The van der Waals surface area contributed by atoms with Crippen molar-refractivity contribution in [1.82, 2.24) is 10.0 Å². The van der Waals surface area contributed by atoms with E-state index >= 15 is 0 Å². The Kier molecular flexibility index (Phi) is 5.92.